The average molecular weight is 342 g/mol. The number of nitrogens with zero attached hydrogens (tertiary/aromatic N) is 2. The van der Waals surface area contributed by atoms with E-state index in [1.165, 1.54) is 10.7 Å². The molecule has 1 saturated heterocycles. The van der Waals surface area contributed by atoms with Gasteiger partial charge in [-0.3, -0.25) is 14.7 Å². The van der Waals surface area contributed by atoms with Crippen LogP contribution in [0.15, 0.2) is 35.1 Å². The highest BCUT2D eigenvalue weighted by atomic mass is 16.2. The summed E-state index contributed by atoms with van der Waals surface area (Å²) in [6.45, 7) is 4.53. The Balaban J connectivity index is 1.68. The molecule has 1 amide bonds. The van der Waals surface area contributed by atoms with E-state index in [2.05, 4.69) is 10.4 Å². The maximum absolute atomic E-state index is 12.7. The van der Waals surface area contributed by atoms with Gasteiger partial charge in [0.2, 0.25) is 0 Å². The van der Waals surface area contributed by atoms with Gasteiger partial charge in [0, 0.05) is 19.2 Å². The molecule has 0 unspecified atom stereocenters. The predicted octanol–water partition coefficient (Wildman–Crippen LogP) is 1.94. The van der Waals surface area contributed by atoms with Crippen molar-refractivity contribution in [1.29, 1.82) is 0 Å². The lowest BCUT2D eigenvalue weighted by molar-refractivity contribution is 0.0680. The highest BCUT2D eigenvalue weighted by Crippen LogP contribution is 2.21. The predicted molar refractivity (Wildman–Crippen MR) is 98.3 cm³/mol. The average Bonchev–Trinajstić information content (AvgIpc) is 3.02. The molecule has 3 rings (SSSR count). The third-order valence-corrected chi connectivity index (χ3v) is 4.95. The number of likely N-dealkylation sites (tertiary alicyclic amines) is 1. The van der Waals surface area contributed by atoms with Gasteiger partial charge >= 0.3 is 0 Å². The Hall–Kier alpha value is -2.34. The van der Waals surface area contributed by atoms with Gasteiger partial charge in [-0.05, 0) is 57.8 Å². The number of rotatable bonds is 5. The molecule has 2 heterocycles. The van der Waals surface area contributed by atoms with E-state index in [1.807, 2.05) is 43.1 Å². The molecule has 0 saturated carbocycles. The normalized spacial score (nSPS) is 15.5. The summed E-state index contributed by atoms with van der Waals surface area (Å²) in [5, 5.41) is 6.14. The molecule has 0 atom stereocenters. The number of nitrogens with one attached hydrogen (secondary N) is 2. The number of H-pyrrole nitrogens is 1. The van der Waals surface area contributed by atoms with Crippen LogP contribution in [0.2, 0.25) is 0 Å². The molecule has 0 spiro atoms. The second kappa shape index (κ2) is 7.70. The summed E-state index contributed by atoms with van der Waals surface area (Å²) in [6, 6.07) is 9.03. The number of aromatic amines is 1. The van der Waals surface area contributed by atoms with Gasteiger partial charge in [0.05, 0.1) is 5.69 Å². The summed E-state index contributed by atoms with van der Waals surface area (Å²) < 4.78 is 1.42. The minimum absolute atomic E-state index is 0.0879. The summed E-state index contributed by atoms with van der Waals surface area (Å²) in [6.07, 6.45) is 3.20. The third-order valence-electron chi connectivity index (χ3n) is 4.95. The number of carbonyl (C=O) groups is 1. The first-order chi connectivity index (χ1) is 12.1. The molecule has 6 nitrogen and oxygen atoms in total. The Morgan fingerprint density at radius 3 is 2.56 bits per heavy atom. The number of carbonyl (C=O) groups excluding carboxylic acids is 1. The molecule has 1 aromatic heterocycles. The zero-order chi connectivity index (χ0) is 17.8. The van der Waals surface area contributed by atoms with Crippen LogP contribution in [-0.2, 0) is 0 Å². The summed E-state index contributed by atoms with van der Waals surface area (Å²) in [5.74, 6) is 0.586. The number of hydrogen-bond donors (Lipinski definition) is 2. The molecule has 0 bridgehead atoms. The van der Waals surface area contributed by atoms with Crippen LogP contribution in [0, 0.1) is 12.8 Å². The Morgan fingerprint density at radius 1 is 1.24 bits per heavy atom. The number of aromatic nitrogens is 2. The Labute approximate surface area is 147 Å². The molecule has 1 fully saturated rings. The number of hydrogen-bond acceptors (Lipinski definition) is 3. The van der Waals surface area contributed by atoms with Crippen molar-refractivity contribution in [1.82, 2.24) is 20.0 Å². The van der Waals surface area contributed by atoms with Crippen molar-refractivity contribution in [3.63, 3.8) is 0 Å². The van der Waals surface area contributed by atoms with Gasteiger partial charge in [-0.1, -0.05) is 17.7 Å². The van der Waals surface area contributed by atoms with E-state index in [0.29, 0.717) is 11.6 Å². The number of piperidine rings is 1. The molecule has 134 valence electrons. The van der Waals surface area contributed by atoms with Gasteiger partial charge in [0.15, 0.2) is 0 Å². The molecule has 2 N–H and O–H groups in total. The molecular formula is C19H26N4O2. The van der Waals surface area contributed by atoms with Crippen LogP contribution in [-0.4, -0.2) is 47.3 Å². The molecule has 0 aliphatic carbocycles. The lowest BCUT2D eigenvalue weighted by Crippen LogP contribution is -2.39. The van der Waals surface area contributed by atoms with Crippen molar-refractivity contribution in [2.24, 2.45) is 5.92 Å². The molecule has 1 aliphatic rings. The Morgan fingerprint density at radius 2 is 1.92 bits per heavy atom. The van der Waals surface area contributed by atoms with Gasteiger partial charge in [-0.15, -0.1) is 0 Å². The Bertz CT molecular complexity index is 767. The summed E-state index contributed by atoms with van der Waals surface area (Å²) in [4.78, 5) is 26.8. The molecule has 1 aliphatic heterocycles. The first-order valence-corrected chi connectivity index (χ1v) is 8.91. The largest absolute Gasteiger partial charge is 0.337 e. The van der Waals surface area contributed by atoms with Crippen molar-refractivity contribution in [2.75, 3.05) is 26.7 Å². The van der Waals surface area contributed by atoms with Crippen molar-refractivity contribution in [3.8, 4) is 5.69 Å². The third kappa shape index (κ3) is 4.02. The van der Waals surface area contributed by atoms with Crippen LogP contribution in [0.3, 0.4) is 0 Å². The standard InChI is InChI=1S/C19H26N4O2/c1-14-3-5-16(6-4-14)23-18(24)13-17(21-23)19(25)22-11-8-15(9-12-22)7-10-20-2/h3-6,13,15,20-21H,7-12H2,1-2H3. The highest BCUT2D eigenvalue weighted by molar-refractivity contribution is 5.92. The van der Waals surface area contributed by atoms with E-state index in [4.69, 9.17) is 0 Å². The Kier molecular flexibility index (Phi) is 5.38. The SMILES string of the molecule is CNCCC1CCN(C(=O)c2cc(=O)n(-c3ccc(C)cc3)[nH]2)CC1. The smallest absolute Gasteiger partial charge is 0.271 e. The molecule has 1 aromatic carbocycles. The highest BCUT2D eigenvalue weighted by Gasteiger charge is 2.25. The van der Waals surface area contributed by atoms with Gasteiger partial charge in [0.1, 0.15) is 5.69 Å². The first kappa shape index (κ1) is 17.5. The summed E-state index contributed by atoms with van der Waals surface area (Å²) >= 11 is 0. The summed E-state index contributed by atoms with van der Waals surface area (Å²) in [5.41, 5.74) is 2.01. The van der Waals surface area contributed by atoms with Gasteiger partial charge < -0.3 is 10.2 Å². The number of aryl methyl sites for hydroxylation is 1. The van der Waals surface area contributed by atoms with Crippen molar-refractivity contribution < 1.29 is 4.79 Å². The van der Waals surface area contributed by atoms with Crippen molar-refractivity contribution in [3.05, 3.63) is 51.9 Å². The van der Waals surface area contributed by atoms with Crippen LogP contribution in [0.4, 0.5) is 0 Å². The zero-order valence-electron chi connectivity index (χ0n) is 14.9. The van der Waals surface area contributed by atoms with Gasteiger partial charge in [0.25, 0.3) is 11.5 Å². The van der Waals surface area contributed by atoms with Crippen molar-refractivity contribution >= 4 is 5.91 Å². The molecule has 25 heavy (non-hydrogen) atoms. The number of benzene rings is 1. The van der Waals surface area contributed by atoms with E-state index in [9.17, 15) is 9.59 Å². The van der Waals surface area contributed by atoms with Crippen LogP contribution >= 0.6 is 0 Å². The fourth-order valence-electron chi connectivity index (χ4n) is 3.33. The fraction of sp³-hybridized carbons (Fsp3) is 0.474. The summed E-state index contributed by atoms with van der Waals surface area (Å²) in [7, 11) is 1.97. The molecule has 2 aromatic rings. The topological polar surface area (TPSA) is 70.1 Å². The minimum atomic E-state index is -0.212. The van der Waals surface area contributed by atoms with Crippen LogP contribution in [0.25, 0.3) is 5.69 Å². The van der Waals surface area contributed by atoms with E-state index in [-0.39, 0.29) is 11.5 Å². The van der Waals surface area contributed by atoms with Crippen LogP contribution in [0.1, 0.15) is 35.3 Å². The monoisotopic (exact) mass is 342 g/mol. The maximum Gasteiger partial charge on any atom is 0.271 e. The minimum Gasteiger partial charge on any atom is -0.337 e. The lowest BCUT2D eigenvalue weighted by Gasteiger charge is -2.31. The lowest BCUT2D eigenvalue weighted by atomic mass is 9.93. The van der Waals surface area contributed by atoms with Gasteiger partial charge in [-0.2, -0.15) is 0 Å². The molecular weight excluding hydrogens is 316 g/mol. The zero-order valence-corrected chi connectivity index (χ0v) is 14.9. The molecule has 0 radical (unpaired) electrons. The van der Waals surface area contributed by atoms with Gasteiger partial charge in [-0.25, -0.2) is 4.68 Å². The van der Waals surface area contributed by atoms with E-state index in [0.717, 1.165) is 50.1 Å². The molecule has 6 heteroatoms. The second-order valence-electron chi connectivity index (χ2n) is 6.81. The second-order valence-corrected chi connectivity index (χ2v) is 6.81. The van der Waals surface area contributed by atoms with Crippen LogP contribution < -0.4 is 10.9 Å². The van der Waals surface area contributed by atoms with Crippen LogP contribution in [0.5, 0.6) is 0 Å². The van der Waals surface area contributed by atoms with E-state index in [1.54, 1.807) is 0 Å². The fourth-order valence-corrected chi connectivity index (χ4v) is 3.33. The first-order valence-electron chi connectivity index (χ1n) is 8.91. The van der Waals surface area contributed by atoms with Crippen molar-refractivity contribution in [2.45, 2.75) is 26.2 Å². The van der Waals surface area contributed by atoms with E-state index < -0.39 is 0 Å². The number of amides is 1. The quantitative estimate of drug-likeness (QED) is 0.872. The maximum atomic E-state index is 12.7. The van der Waals surface area contributed by atoms with E-state index >= 15 is 0 Å².